The van der Waals surface area contributed by atoms with Crippen molar-refractivity contribution in [3.8, 4) is 0 Å². The fraction of sp³-hybridized carbons (Fsp3) is 0.250. The van der Waals surface area contributed by atoms with E-state index in [0.29, 0.717) is 0 Å². The van der Waals surface area contributed by atoms with Gasteiger partial charge in [0.15, 0.2) is 0 Å². The van der Waals surface area contributed by atoms with Crippen LogP contribution in [0.25, 0.3) is 0 Å². The third kappa shape index (κ3) is 69.0. The fourth-order valence-electron chi connectivity index (χ4n) is 0. The van der Waals surface area contributed by atoms with Crippen LogP contribution in [0, 0.1) is 0 Å². The normalized spacial score (nSPS) is 6.67. The Morgan fingerprint density at radius 2 is 1.67 bits per heavy atom. The molecule has 2 nitrogen and oxygen atoms in total. The smallest absolute Gasteiger partial charge is 0.300 e. The average molecular weight is 191 g/mol. The van der Waals surface area contributed by atoms with Crippen LogP contribution in [0.3, 0.4) is 0 Å². The largest absolute Gasteiger partial charge is 0.481 e. The maximum absolute atomic E-state index is 9.00. The second-order valence-electron chi connectivity index (χ2n) is 0.918. The van der Waals surface area contributed by atoms with Crippen LogP contribution in [0.2, 0.25) is 0 Å². The van der Waals surface area contributed by atoms with Crippen LogP contribution in [0.5, 0.6) is 0 Å². The van der Waals surface area contributed by atoms with Crippen molar-refractivity contribution in [3.05, 3.63) is 10.0 Å². The molecule has 0 aliphatic heterocycles. The standard InChI is InChI=1S/C2HCl3.C2H4O2/c3-1-2(4)5;1-2(3)4/h1H;1H3,(H,3,4). The van der Waals surface area contributed by atoms with Crippen LogP contribution in [-0.2, 0) is 4.79 Å². The summed E-state index contributed by atoms with van der Waals surface area (Å²) in [5, 5.41) is 7.42. The number of carboxylic acid groups (broad SMARTS) is 1. The van der Waals surface area contributed by atoms with Gasteiger partial charge >= 0.3 is 0 Å². The molecule has 0 aromatic carbocycles. The molecule has 0 fully saturated rings. The number of halogens is 3. The summed E-state index contributed by atoms with van der Waals surface area (Å²) in [6.07, 6.45) is 0. The summed E-state index contributed by atoms with van der Waals surface area (Å²) in [6, 6.07) is 0. The molecule has 0 unspecified atom stereocenters. The average Bonchev–Trinajstić information content (AvgIpc) is 1.65. The van der Waals surface area contributed by atoms with Gasteiger partial charge in [0.25, 0.3) is 5.97 Å². The van der Waals surface area contributed by atoms with Crippen molar-refractivity contribution in [1.29, 1.82) is 0 Å². The van der Waals surface area contributed by atoms with Gasteiger partial charge in [-0.1, -0.05) is 34.8 Å². The first-order valence-electron chi connectivity index (χ1n) is 1.81. The Balaban J connectivity index is 0. The summed E-state index contributed by atoms with van der Waals surface area (Å²) >= 11 is 14.8. The van der Waals surface area contributed by atoms with Gasteiger partial charge in [-0.25, -0.2) is 0 Å². The lowest BCUT2D eigenvalue weighted by atomic mass is 10.9. The monoisotopic (exact) mass is 190 g/mol. The first-order chi connectivity index (χ1) is 4.00. The Morgan fingerprint density at radius 1 is 1.56 bits per heavy atom. The Bertz CT molecular complexity index is 102. The molecule has 0 heterocycles. The van der Waals surface area contributed by atoms with E-state index < -0.39 is 5.97 Å². The fourth-order valence-corrected chi connectivity index (χ4v) is 0. The molecule has 0 spiro atoms. The van der Waals surface area contributed by atoms with Gasteiger partial charge in [0.2, 0.25) is 0 Å². The van der Waals surface area contributed by atoms with Crippen molar-refractivity contribution >= 4 is 40.8 Å². The maximum atomic E-state index is 9.00. The van der Waals surface area contributed by atoms with Gasteiger partial charge < -0.3 is 5.11 Å². The molecule has 0 saturated carbocycles. The number of rotatable bonds is 0. The van der Waals surface area contributed by atoms with Gasteiger partial charge in [0.05, 0.1) is 0 Å². The van der Waals surface area contributed by atoms with Crippen molar-refractivity contribution in [2.75, 3.05) is 0 Å². The number of carbonyl (C=O) groups is 1. The van der Waals surface area contributed by atoms with Crippen LogP contribution >= 0.6 is 34.8 Å². The van der Waals surface area contributed by atoms with Crippen molar-refractivity contribution in [2.45, 2.75) is 6.92 Å². The maximum Gasteiger partial charge on any atom is 0.300 e. The van der Waals surface area contributed by atoms with E-state index in [9.17, 15) is 0 Å². The van der Waals surface area contributed by atoms with Crippen molar-refractivity contribution in [2.24, 2.45) is 0 Å². The molecule has 0 amide bonds. The predicted octanol–water partition coefficient (Wildman–Crippen LogP) is 2.59. The van der Waals surface area contributed by atoms with E-state index in [0.717, 1.165) is 12.5 Å². The number of carboxylic acids is 1. The van der Waals surface area contributed by atoms with Crippen LogP contribution in [0.4, 0.5) is 0 Å². The SMILES string of the molecule is CC(=O)O.ClC=C(Cl)Cl. The highest BCUT2D eigenvalue weighted by Gasteiger charge is 1.70. The molecule has 0 aliphatic rings. The highest BCUT2D eigenvalue weighted by molar-refractivity contribution is 6.58. The van der Waals surface area contributed by atoms with Crippen molar-refractivity contribution in [1.82, 2.24) is 0 Å². The van der Waals surface area contributed by atoms with Gasteiger partial charge in [0.1, 0.15) is 4.49 Å². The highest BCUT2D eigenvalue weighted by Crippen LogP contribution is 2.05. The molecule has 0 rings (SSSR count). The molecule has 9 heavy (non-hydrogen) atoms. The minimum absolute atomic E-state index is 0.0895. The van der Waals surface area contributed by atoms with Crippen LogP contribution < -0.4 is 0 Å². The Labute approximate surface area is 68.0 Å². The minimum Gasteiger partial charge on any atom is -0.481 e. The molecule has 5 heteroatoms. The van der Waals surface area contributed by atoms with Crippen LogP contribution in [-0.4, -0.2) is 11.1 Å². The van der Waals surface area contributed by atoms with Gasteiger partial charge in [-0.05, 0) is 0 Å². The zero-order chi connectivity index (χ0) is 7.86. The van der Waals surface area contributed by atoms with Crippen LogP contribution in [0.1, 0.15) is 6.92 Å². The van der Waals surface area contributed by atoms with E-state index in [1.807, 2.05) is 0 Å². The molecule has 0 saturated heterocycles. The van der Waals surface area contributed by atoms with E-state index in [-0.39, 0.29) is 4.49 Å². The Kier molecular flexibility index (Phi) is 10.6. The van der Waals surface area contributed by atoms with E-state index in [1.165, 1.54) is 0 Å². The first-order valence-corrected chi connectivity index (χ1v) is 3.00. The van der Waals surface area contributed by atoms with E-state index in [1.54, 1.807) is 0 Å². The summed E-state index contributed by atoms with van der Waals surface area (Å²) in [5.74, 6) is -0.833. The van der Waals surface area contributed by atoms with E-state index in [2.05, 4.69) is 0 Å². The Hall–Kier alpha value is 0.0800. The lowest BCUT2D eigenvalue weighted by molar-refractivity contribution is -0.134. The summed E-state index contributed by atoms with van der Waals surface area (Å²) in [5.41, 5.74) is 1.09. The molecular formula is C4H5Cl3O2. The summed E-state index contributed by atoms with van der Waals surface area (Å²) in [4.78, 5) is 9.00. The van der Waals surface area contributed by atoms with E-state index in [4.69, 9.17) is 44.7 Å². The summed E-state index contributed by atoms with van der Waals surface area (Å²) in [7, 11) is 0. The van der Waals surface area contributed by atoms with Gasteiger partial charge in [-0.2, -0.15) is 0 Å². The van der Waals surface area contributed by atoms with Crippen molar-refractivity contribution < 1.29 is 9.90 Å². The molecular weight excluding hydrogens is 186 g/mol. The molecule has 0 bridgehead atoms. The van der Waals surface area contributed by atoms with Gasteiger partial charge in [0, 0.05) is 12.5 Å². The van der Waals surface area contributed by atoms with Gasteiger partial charge in [-0.3, -0.25) is 4.79 Å². The first kappa shape index (κ1) is 11.8. The number of hydrogen-bond acceptors (Lipinski definition) is 1. The van der Waals surface area contributed by atoms with Crippen molar-refractivity contribution in [3.63, 3.8) is 0 Å². The third-order valence-electron chi connectivity index (χ3n) is 0.0825. The zero-order valence-corrected chi connectivity index (χ0v) is 6.83. The molecule has 0 aromatic rings. The molecule has 54 valence electrons. The third-order valence-corrected chi connectivity index (χ3v) is 0.742. The Morgan fingerprint density at radius 3 is 1.67 bits per heavy atom. The van der Waals surface area contributed by atoms with Gasteiger partial charge in [-0.15, -0.1) is 0 Å². The molecule has 0 radical (unpaired) electrons. The number of aliphatic carboxylic acids is 1. The molecule has 0 aromatic heterocycles. The second kappa shape index (κ2) is 8.08. The summed E-state index contributed by atoms with van der Waals surface area (Å²) < 4.78 is 0.0895. The zero-order valence-electron chi connectivity index (χ0n) is 4.57. The lowest BCUT2D eigenvalue weighted by Crippen LogP contribution is -1.78. The highest BCUT2D eigenvalue weighted by atomic mass is 35.5. The molecule has 0 atom stereocenters. The molecule has 0 aliphatic carbocycles. The van der Waals surface area contributed by atoms with E-state index >= 15 is 0 Å². The summed E-state index contributed by atoms with van der Waals surface area (Å²) in [6.45, 7) is 1.08. The van der Waals surface area contributed by atoms with Crippen LogP contribution in [0.15, 0.2) is 10.0 Å². The predicted molar refractivity (Wildman–Crippen MR) is 39.0 cm³/mol. The number of hydrogen-bond donors (Lipinski definition) is 1. The second-order valence-corrected chi connectivity index (χ2v) is 2.14. The quantitative estimate of drug-likeness (QED) is 0.639. The molecule has 1 N–H and O–H groups in total. The topological polar surface area (TPSA) is 37.3 Å². The minimum atomic E-state index is -0.833. The lowest BCUT2D eigenvalue weighted by Gasteiger charge is -1.64.